The van der Waals surface area contributed by atoms with E-state index in [1.165, 1.54) is 19.9 Å². The Hall–Kier alpha value is -3.56. The summed E-state index contributed by atoms with van der Waals surface area (Å²) < 4.78 is 57.0. The molecular formula is C22H19F4NO5. The predicted octanol–water partition coefficient (Wildman–Crippen LogP) is 5.13. The Morgan fingerprint density at radius 3 is 2.19 bits per heavy atom. The highest BCUT2D eigenvalue weighted by molar-refractivity contribution is 6.06. The van der Waals surface area contributed by atoms with E-state index in [0.717, 1.165) is 34.9 Å². The van der Waals surface area contributed by atoms with Crippen LogP contribution in [-0.4, -0.2) is 33.0 Å². The smallest absolute Gasteiger partial charge is 0.505 e. The molecule has 0 saturated carbocycles. The molecular weight excluding hydrogens is 434 g/mol. The average Bonchev–Trinajstić information content (AvgIpc) is 3.02. The third-order valence-corrected chi connectivity index (χ3v) is 5.56. The van der Waals surface area contributed by atoms with E-state index in [2.05, 4.69) is 4.74 Å². The first kappa shape index (κ1) is 23.1. The number of alkyl halides is 3. The number of nitrogens with zero attached hydrogens (tertiary/aromatic N) is 1. The Bertz CT molecular complexity index is 1210. The van der Waals surface area contributed by atoms with Crippen molar-refractivity contribution < 1.29 is 42.1 Å². The van der Waals surface area contributed by atoms with Crippen molar-refractivity contribution in [2.24, 2.45) is 0 Å². The van der Waals surface area contributed by atoms with Crippen LogP contribution in [0.15, 0.2) is 36.4 Å². The van der Waals surface area contributed by atoms with Crippen LogP contribution in [-0.2, 0) is 10.2 Å². The minimum atomic E-state index is -4.89. The van der Waals surface area contributed by atoms with Crippen LogP contribution in [0.25, 0.3) is 10.9 Å². The van der Waals surface area contributed by atoms with Crippen molar-refractivity contribution in [2.75, 3.05) is 0 Å². The number of ether oxygens (including phenoxy) is 1. The molecule has 0 amide bonds. The molecule has 0 aliphatic rings. The fourth-order valence-corrected chi connectivity index (χ4v) is 3.75. The number of carbonyl (C=O) groups excluding carboxylic acids is 1. The Balaban J connectivity index is 2.24. The number of aliphatic carboxylic acids is 1. The molecule has 3 aromatic rings. The van der Waals surface area contributed by atoms with Gasteiger partial charge in [-0.2, -0.15) is 0 Å². The second-order valence-corrected chi connectivity index (χ2v) is 7.46. The second kappa shape index (κ2) is 7.85. The maximum Gasteiger partial charge on any atom is 0.573 e. The zero-order valence-electron chi connectivity index (χ0n) is 17.2. The van der Waals surface area contributed by atoms with Crippen LogP contribution < -0.4 is 4.74 Å². The maximum absolute atomic E-state index is 15.0. The van der Waals surface area contributed by atoms with E-state index >= 15 is 0 Å². The summed E-state index contributed by atoms with van der Waals surface area (Å²) in [5, 5.41) is 19.5. The molecule has 6 nitrogen and oxygen atoms in total. The van der Waals surface area contributed by atoms with Gasteiger partial charge in [0.2, 0.25) is 0 Å². The van der Waals surface area contributed by atoms with Crippen molar-refractivity contribution in [3.8, 4) is 11.5 Å². The minimum Gasteiger partial charge on any atom is -0.505 e. The van der Waals surface area contributed by atoms with Crippen LogP contribution >= 0.6 is 0 Å². The van der Waals surface area contributed by atoms with Crippen LogP contribution in [0, 0.1) is 12.7 Å². The zero-order valence-corrected chi connectivity index (χ0v) is 17.2. The Kier molecular flexibility index (Phi) is 5.67. The van der Waals surface area contributed by atoms with Gasteiger partial charge in [-0.25, -0.2) is 4.39 Å². The van der Waals surface area contributed by atoms with Crippen LogP contribution in [0.4, 0.5) is 17.6 Å². The summed E-state index contributed by atoms with van der Waals surface area (Å²) in [5.41, 5.74) is -1.42. The normalized spacial score (nSPS) is 13.7. The summed E-state index contributed by atoms with van der Waals surface area (Å²) in [6.07, 6.45) is -4.83. The van der Waals surface area contributed by atoms with Gasteiger partial charge in [-0.15, -0.1) is 13.2 Å². The monoisotopic (exact) mass is 453 g/mol. The number of rotatable bonds is 5. The molecule has 3 rings (SSSR count). The van der Waals surface area contributed by atoms with E-state index in [4.69, 9.17) is 0 Å². The van der Waals surface area contributed by atoms with Crippen molar-refractivity contribution in [1.29, 1.82) is 0 Å². The van der Waals surface area contributed by atoms with Gasteiger partial charge in [-0.05, 0) is 56.7 Å². The average molecular weight is 453 g/mol. The summed E-state index contributed by atoms with van der Waals surface area (Å²) in [7, 11) is 0. The lowest BCUT2D eigenvalue weighted by atomic mass is 9.78. The standard InChI is InChI=1S/C22H19F4NO5/c1-4-21(3,20(30)31)17-11(2)27(14-9-10-15(28)18(23)16(14)17)19(29)12-5-7-13(8-6-12)32-22(24,25)26/h5-10,28H,4H2,1-3H3,(H,30,31)/t21-/m1/s1. The molecule has 0 bridgehead atoms. The van der Waals surface area contributed by atoms with Crippen LogP contribution in [0.5, 0.6) is 11.5 Å². The van der Waals surface area contributed by atoms with Gasteiger partial charge in [0.1, 0.15) is 5.75 Å². The summed E-state index contributed by atoms with van der Waals surface area (Å²) in [6, 6.07) is 6.46. The van der Waals surface area contributed by atoms with Gasteiger partial charge in [-0.1, -0.05) is 6.92 Å². The minimum absolute atomic E-state index is 0.0225. The molecule has 0 unspecified atom stereocenters. The number of aromatic hydroxyl groups is 1. The number of fused-ring (bicyclic) bond motifs is 1. The molecule has 32 heavy (non-hydrogen) atoms. The number of halogens is 4. The number of phenols is 1. The Morgan fingerprint density at radius 2 is 1.69 bits per heavy atom. The van der Waals surface area contributed by atoms with Crippen molar-refractivity contribution in [3.05, 3.63) is 59.0 Å². The van der Waals surface area contributed by atoms with Gasteiger partial charge in [0, 0.05) is 22.2 Å². The molecule has 0 fully saturated rings. The van der Waals surface area contributed by atoms with Crippen molar-refractivity contribution >= 4 is 22.8 Å². The lowest BCUT2D eigenvalue weighted by Crippen LogP contribution is -2.32. The molecule has 0 aliphatic heterocycles. The largest absolute Gasteiger partial charge is 0.573 e. The van der Waals surface area contributed by atoms with E-state index < -0.39 is 41.0 Å². The maximum atomic E-state index is 15.0. The van der Waals surface area contributed by atoms with Gasteiger partial charge in [0.25, 0.3) is 5.91 Å². The fraction of sp³-hybridized carbons (Fsp3) is 0.273. The number of aromatic nitrogens is 1. The van der Waals surface area contributed by atoms with Crippen LogP contribution in [0.2, 0.25) is 0 Å². The van der Waals surface area contributed by atoms with Crippen molar-refractivity contribution in [1.82, 2.24) is 4.57 Å². The van der Waals surface area contributed by atoms with Gasteiger partial charge in [0.15, 0.2) is 11.6 Å². The van der Waals surface area contributed by atoms with Gasteiger partial charge in [-0.3, -0.25) is 14.2 Å². The molecule has 2 N–H and O–H groups in total. The highest BCUT2D eigenvalue weighted by Gasteiger charge is 2.40. The summed E-state index contributed by atoms with van der Waals surface area (Å²) in [5.74, 6) is -4.26. The highest BCUT2D eigenvalue weighted by Crippen LogP contribution is 2.41. The summed E-state index contributed by atoms with van der Waals surface area (Å²) in [6.45, 7) is 4.43. The quantitative estimate of drug-likeness (QED) is 0.523. The molecule has 0 saturated heterocycles. The number of carboxylic acid groups (broad SMARTS) is 1. The van der Waals surface area contributed by atoms with E-state index in [-0.39, 0.29) is 34.1 Å². The molecule has 0 radical (unpaired) electrons. The summed E-state index contributed by atoms with van der Waals surface area (Å²) >= 11 is 0. The van der Waals surface area contributed by atoms with Gasteiger partial charge in [0.05, 0.1) is 10.9 Å². The van der Waals surface area contributed by atoms with Crippen LogP contribution in [0.1, 0.15) is 41.9 Å². The molecule has 1 heterocycles. The second-order valence-electron chi connectivity index (χ2n) is 7.46. The number of phenolic OH excluding ortho intramolecular Hbond substituents is 1. The predicted molar refractivity (Wildman–Crippen MR) is 106 cm³/mol. The van der Waals surface area contributed by atoms with E-state index in [1.807, 2.05) is 0 Å². The summed E-state index contributed by atoms with van der Waals surface area (Å²) in [4.78, 5) is 25.3. The van der Waals surface area contributed by atoms with Gasteiger partial charge >= 0.3 is 12.3 Å². The third kappa shape index (κ3) is 3.76. The number of hydrogen-bond donors (Lipinski definition) is 2. The fourth-order valence-electron chi connectivity index (χ4n) is 3.75. The SMILES string of the molecule is CC[C@@](C)(C(=O)O)c1c(C)n(C(=O)c2ccc(OC(F)(F)F)cc2)c2ccc(O)c(F)c12. The first-order valence-electron chi connectivity index (χ1n) is 9.48. The molecule has 2 aromatic carbocycles. The zero-order chi connectivity index (χ0) is 24.0. The number of carboxylic acids is 1. The molecule has 1 atom stereocenters. The number of hydrogen-bond acceptors (Lipinski definition) is 4. The number of benzene rings is 2. The topological polar surface area (TPSA) is 88.8 Å². The Morgan fingerprint density at radius 1 is 1.09 bits per heavy atom. The van der Waals surface area contributed by atoms with E-state index in [1.54, 1.807) is 6.92 Å². The number of carbonyl (C=O) groups is 2. The molecule has 170 valence electrons. The van der Waals surface area contributed by atoms with Crippen LogP contribution in [0.3, 0.4) is 0 Å². The molecule has 0 spiro atoms. The van der Waals surface area contributed by atoms with Crippen molar-refractivity contribution in [3.63, 3.8) is 0 Å². The Labute approximate surface area is 179 Å². The third-order valence-electron chi connectivity index (χ3n) is 5.56. The lowest BCUT2D eigenvalue weighted by molar-refractivity contribution is -0.274. The molecule has 1 aromatic heterocycles. The van der Waals surface area contributed by atoms with Crippen molar-refractivity contribution in [2.45, 2.75) is 39.0 Å². The lowest BCUT2D eigenvalue weighted by Gasteiger charge is -2.24. The van der Waals surface area contributed by atoms with Gasteiger partial charge < -0.3 is 14.9 Å². The van der Waals surface area contributed by atoms with E-state index in [0.29, 0.717) is 0 Å². The highest BCUT2D eigenvalue weighted by atomic mass is 19.4. The molecule has 10 heteroatoms. The molecule has 0 aliphatic carbocycles. The first-order valence-corrected chi connectivity index (χ1v) is 9.48. The first-order chi connectivity index (χ1) is 14.8. The van der Waals surface area contributed by atoms with E-state index in [9.17, 15) is 37.4 Å².